The zero-order valence-corrected chi connectivity index (χ0v) is 12.4. The van der Waals surface area contributed by atoms with E-state index >= 15 is 0 Å². The molecule has 0 radical (unpaired) electrons. The van der Waals surface area contributed by atoms with Gasteiger partial charge in [-0.1, -0.05) is 25.7 Å². The number of hydrogen-bond donors (Lipinski definition) is 1. The summed E-state index contributed by atoms with van der Waals surface area (Å²) < 4.78 is 0. The molecule has 110 valence electrons. The van der Waals surface area contributed by atoms with Gasteiger partial charge in [0, 0.05) is 20.6 Å². The average Bonchev–Trinajstić information content (AvgIpc) is 2.96. The molecule has 0 bridgehead atoms. The van der Waals surface area contributed by atoms with Crippen LogP contribution < -0.4 is 5.32 Å². The van der Waals surface area contributed by atoms with Gasteiger partial charge in [-0.05, 0) is 18.8 Å². The van der Waals surface area contributed by atoms with Gasteiger partial charge in [0.05, 0.1) is 12.4 Å². The predicted octanol–water partition coefficient (Wildman–Crippen LogP) is 2.56. The van der Waals surface area contributed by atoms with Crippen LogP contribution in [0.3, 0.4) is 0 Å². The Morgan fingerprint density at radius 2 is 2.10 bits per heavy atom. The molecule has 2 rings (SSSR count). The highest BCUT2D eigenvalue weighted by Crippen LogP contribution is 2.28. The Hall–Kier alpha value is -1.65. The number of nitrogens with zero attached hydrogens (tertiary/aromatic N) is 3. The van der Waals surface area contributed by atoms with Gasteiger partial charge in [0.25, 0.3) is 5.91 Å². The monoisotopic (exact) mass is 276 g/mol. The van der Waals surface area contributed by atoms with Crippen molar-refractivity contribution in [2.45, 2.75) is 38.5 Å². The lowest BCUT2D eigenvalue weighted by molar-refractivity contribution is 0.0821. The molecular formula is C15H24N4O. The maximum atomic E-state index is 11.8. The van der Waals surface area contributed by atoms with E-state index in [1.807, 2.05) is 0 Å². The Bertz CT molecular complexity index is 441. The van der Waals surface area contributed by atoms with Gasteiger partial charge in [-0.25, -0.2) is 4.98 Å². The Labute approximate surface area is 120 Å². The van der Waals surface area contributed by atoms with Crippen LogP contribution >= 0.6 is 0 Å². The molecule has 1 amide bonds. The van der Waals surface area contributed by atoms with E-state index in [2.05, 4.69) is 15.3 Å². The summed E-state index contributed by atoms with van der Waals surface area (Å²) in [5.74, 6) is 1.49. The Kier molecular flexibility index (Phi) is 5.32. The van der Waals surface area contributed by atoms with E-state index in [0.29, 0.717) is 11.5 Å². The van der Waals surface area contributed by atoms with Crippen molar-refractivity contribution in [3.63, 3.8) is 0 Å². The van der Waals surface area contributed by atoms with E-state index in [1.54, 1.807) is 20.3 Å². The van der Waals surface area contributed by atoms with Gasteiger partial charge in [0.1, 0.15) is 11.5 Å². The normalized spacial score (nSPS) is 15.3. The SMILES string of the molecule is CN(C)C(=O)c1cncc(NCCCC2CCCC2)n1. The Morgan fingerprint density at radius 3 is 2.80 bits per heavy atom. The molecule has 5 heteroatoms. The maximum absolute atomic E-state index is 11.8. The fourth-order valence-electron chi connectivity index (χ4n) is 2.69. The summed E-state index contributed by atoms with van der Waals surface area (Å²) in [5.41, 5.74) is 0.385. The molecule has 0 atom stereocenters. The summed E-state index contributed by atoms with van der Waals surface area (Å²) >= 11 is 0. The van der Waals surface area contributed by atoms with E-state index in [9.17, 15) is 4.79 Å². The van der Waals surface area contributed by atoms with Gasteiger partial charge in [0.15, 0.2) is 0 Å². The molecular weight excluding hydrogens is 252 g/mol. The largest absolute Gasteiger partial charge is 0.369 e. The van der Waals surface area contributed by atoms with Crippen LogP contribution in [-0.4, -0.2) is 41.4 Å². The lowest BCUT2D eigenvalue weighted by Crippen LogP contribution is -2.23. The molecule has 1 aromatic heterocycles. The summed E-state index contributed by atoms with van der Waals surface area (Å²) in [6, 6.07) is 0. The number of carbonyl (C=O) groups excluding carboxylic acids is 1. The molecule has 0 aliphatic heterocycles. The second-order valence-electron chi connectivity index (χ2n) is 5.71. The standard InChI is InChI=1S/C15H24N4O/c1-19(2)15(20)13-10-16-11-14(18-13)17-9-5-8-12-6-3-4-7-12/h10-12H,3-9H2,1-2H3,(H,17,18). The van der Waals surface area contributed by atoms with Crippen molar-refractivity contribution in [1.82, 2.24) is 14.9 Å². The van der Waals surface area contributed by atoms with Crippen LogP contribution in [0.25, 0.3) is 0 Å². The van der Waals surface area contributed by atoms with Crippen molar-refractivity contribution in [2.24, 2.45) is 5.92 Å². The second kappa shape index (κ2) is 7.22. The van der Waals surface area contributed by atoms with Crippen molar-refractivity contribution in [1.29, 1.82) is 0 Å². The number of hydrogen-bond acceptors (Lipinski definition) is 4. The topological polar surface area (TPSA) is 58.1 Å². The third kappa shape index (κ3) is 4.18. The van der Waals surface area contributed by atoms with Crippen LogP contribution in [0.5, 0.6) is 0 Å². The summed E-state index contributed by atoms with van der Waals surface area (Å²) in [7, 11) is 3.43. The molecule has 1 fully saturated rings. The summed E-state index contributed by atoms with van der Waals surface area (Å²) in [6.07, 6.45) is 11.2. The smallest absolute Gasteiger partial charge is 0.273 e. The zero-order valence-electron chi connectivity index (χ0n) is 12.4. The molecule has 1 saturated carbocycles. The molecule has 0 unspecified atom stereocenters. The molecule has 1 aliphatic rings. The molecule has 1 aliphatic carbocycles. The first-order valence-corrected chi connectivity index (χ1v) is 7.44. The molecule has 1 aromatic rings. The fourth-order valence-corrected chi connectivity index (χ4v) is 2.69. The summed E-state index contributed by atoms with van der Waals surface area (Å²) in [5, 5.41) is 3.26. The number of nitrogens with one attached hydrogen (secondary N) is 1. The van der Waals surface area contributed by atoms with Gasteiger partial charge < -0.3 is 10.2 Å². The Balaban J connectivity index is 1.77. The molecule has 1 heterocycles. The van der Waals surface area contributed by atoms with Gasteiger partial charge >= 0.3 is 0 Å². The van der Waals surface area contributed by atoms with Crippen molar-refractivity contribution in [2.75, 3.05) is 26.0 Å². The Morgan fingerprint density at radius 1 is 1.35 bits per heavy atom. The van der Waals surface area contributed by atoms with Crippen molar-refractivity contribution in [3.8, 4) is 0 Å². The summed E-state index contributed by atoms with van der Waals surface area (Å²) in [6.45, 7) is 0.894. The first kappa shape index (κ1) is 14.8. The summed E-state index contributed by atoms with van der Waals surface area (Å²) in [4.78, 5) is 21.7. The minimum atomic E-state index is -0.118. The lowest BCUT2D eigenvalue weighted by atomic mass is 10.0. The maximum Gasteiger partial charge on any atom is 0.273 e. The minimum Gasteiger partial charge on any atom is -0.369 e. The van der Waals surface area contributed by atoms with E-state index in [0.717, 1.165) is 18.9 Å². The molecule has 20 heavy (non-hydrogen) atoms. The zero-order chi connectivity index (χ0) is 14.4. The highest BCUT2D eigenvalue weighted by atomic mass is 16.2. The van der Waals surface area contributed by atoms with Crippen LogP contribution in [0.1, 0.15) is 49.0 Å². The molecule has 0 aromatic carbocycles. The van der Waals surface area contributed by atoms with E-state index in [4.69, 9.17) is 0 Å². The molecule has 0 spiro atoms. The number of anilines is 1. The quantitative estimate of drug-likeness (QED) is 0.811. The number of aromatic nitrogens is 2. The third-order valence-electron chi connectivity index (χ3n) is 3.83. The van der Waals surface area contributed by atoms with Crippen molar-refractivity contribution >= 4 is 11.7 Å². The van der Waals surface area contributed by atoms with Crippen LogP contribution in [0, 0.1) is 5.92 Å². The van der Waals surface area contributed by atoms with Gasteiger partial charge in [0.2, 0.25) is 0 Å². The minimum absolute atomic E-state index is 0.118. The fraction of sp³-hybridized carbons (Fsp3) is 0.667. The molecule has 1 N–H and O–H groups in total. The van der Waals surface area contributed by atoms with E-state index in [-0.39, 0.29) is 5.91 Å². The second-order valence-corrected chi connectivity index (χ2v) is 5.71. The molecule has 0 saturated heterocycles. The highest BCUT2D eigenvalue weighted by molar-refractivity contribution is 5.91. The van der Waals surface area contributed by atoms with Crippen molar-refractivity contribution < 1.29 is 4.79 Å². The number of carbonyl (C=O) groups is 1. The van der Waals surface area contributed by atoms with E-state index in [1.165, 1.54) is 43.2 Å². The van der Waals surface area contributed by atoms with Crippen LogP contribution in [0.4, 0.5) is 5.82 Å². The van der Waals surface area contributed by atoms with Crippen LogP contribution in [0.15, 0.2) is 12.4 Å². The van der Waals surface area contributed by atoms with Gasteiger partial charge in [-0.2, -0.15) is 0 Å². The van der Waals surface area contributed by atoms with Crippen molar-refractivity contribution in [3.05, 3.63) is 18.1 Å². The highest BCUT2D eigenvalue weighted by Gasteiger charge is 2.14. The van der Waals surface area contributed by atoms with E-state index < -0.39 is 0 Å². The number of rotatable bonds is 6. The average molecular weight is 276 g/mol. The predicted molar refractivity (Wildman–Crippen MR) is 79.7 cm³/mol. The van der Waals surface area contributed by atoms with Crippen LogP contribution in [-0.2, 0) is 0 Å². The lowest BCUT2D eigenvalue weighted by Gasteiger charge is -2.11. The van der Waals surface area contributed by atoms with Gasteiger partial charge in [-0.15, -0.1) is 0 Å². The first-order valence-electron chi connectivity index (χ1n) is 7.44. The van der Waals surface area contributed by atoms with Gasteiger partial charge in [-0.3, -0.25) is 9.78 Å². The molecule has 5 nitrogen and oxygen atoms in total. The van der Waals surface area contributed by atoms with Crippen LogP contribution in [0.2, 0.25) is 0 Å². The first-order chi connectivity index (χ1) is 9.66. The third-order valence-corrected chi connectivity index (χ3v) is 3.83. The number of amides is 1.